The molecule has 1 fully saturated rings. The normalized spacial score (nSPS) is 14.9. The number of nitrogens with zero attached hydrogens (tertiary/aromatic N) is 6. The van der Waals surface area contributed by atoms with Gasteiger partial charge in [0.1, 0.15) is 23.1 Å². The number of rotatable bonds is 10. The van der Waals surface area contributed by atoms with Crippen molar-refractivity contribution in [1.29, 1.82) is 0 Å². The molecule has 0 unspecified atom stereocenters. The first-order valence-corrected chi connectivity index (χ1v) is 14.4. The standard InChI is InChI=1S/C25H29F2N9O3S/c1-40(38)12-5-29-23(37)16-13-20(18(27)14-17(16)26)35-9-7-34(8-10-35)6-4-30-25-31-22-15-19(21-3-2-11-39-21)33-36(22)24(28)32-25/h2-3,11,13-15H,4-10,12H2,1H3,(H,29,37)(H3,28,30,31,32)/t40-/m1/s1. The average Bonchev–Trinajstić information content (AvgIpc) is 3.60. The largest absolute Gasteiger partial charge is 0.617 e. The van der Waals surface area contributed by atoms with Gasteiger partial charge in [-0.15, -0.1) is 0 Å². The predicted molar refractivity (Wildman–Crippen MR) is 148 cm³/mol. The van der Waals surface area contributed by atoms with Gasteiger partial charge < -0.3 is 30.2 Å². The van der Waals surface area contributed by atoms with E-state index in [9.17, 15) is 18.1 Å². The number of nitrogens with one attached hydrogen (secondary N) is 2. The molecule has 1 aliphatic heterocycles. The molecular formula is C25H29F2N9O3S. The number of nitrogens with two attached hydrogens (primary N) is 1. The van der Waals surface area contributed by atoms with Gasteiger partial charge in [0.2, 0.25) is 11.9 Å². The molecule has 5 rings (SSSR count). The highest BCUT2D eigenvalue weighted by Gasteiger charge is 2.23. The summed E-state index contributed by atoms with van der Waals surface area (Å²) in [4.78, 5) is 25.1. The summed E-state index contributed by atoms with van der Waals surface area (Å²) in [6.07, 6.45) is 3.08. The lowest BCUT2D eigenvalue weighted by Crippen LogP contribution is -2.48. The van der Waals surface area contributed by atoms with E-state index in [1.807, 2.05) is 0 Å². The first-order valence-electron chi connectivity index (χ1n) is 12.6. The summed E-state index contributed by atoms with van der Waals surface area (Å²) in [5.41, 5.74) is 7.13. The van der Waals surface area contributed by atoms with Crippen molar-refractivity contribution in [2.45, 2.75) is 0 Å². The van der Waals surface area contributed by atoms with Gasteiger partial charge in [0.15, 0.2) is 11.4 Å². The van der Waals surface area contributed by atoms with E-state index in [0.717, 1.165) is 6.07 Å². The molecule has 0 spiro atoms. The van der Waals surface area contributed by atoms with Gasteiger partial charge in [0.05, 0.1) is 30.3 Å². The van der Waals surface area contributed by atoms with Crippen molar-refractivity contribution in [3.63, 3.8) is 0 Å². The summed E-state index contributed by atoms with van der Waals surface area (Å²) >= 11 is -1.09. The third-order valence-corrected chi connectivity index (χ3v) is 7.28. The second-order valence-corrected chi connectivity index (χ2v) is 10.8. The lowest BCUT2D eigenvalue weighted by atomic mass is 10.1. The molecule has 0 aliphatic carbocycles. The molecule has 212 valence electrons. The van der Waals surface area contributed by atoms with Crippen LogP contribution in [0.1, 0.15) is 10.4 Å². The number of benzene rings is 1. The highest BCUT2D eigenvalue weighted by atomic mass is 32.2. The number of hydrogen-bond donors (Lipinski definition) is 3. The first kappa shape index (κ1) is 27.6. The van der Waals surface area contributed by atoms with Crippen molar-refractivity contribution in [2.24, 2.45) is 0 Å². The molecule has 4 aromatic rings. The highest BCUT2D eigenvalue weighted by molar-refractivity contribution is 7.90. The van der Waals surface area contributed by atoms with Gasteiger partial charge in [0.25, 0.3) is 5.91 Å². The Bertz CT molecular complexity index is 1470. The predicted octanol–water partition coefficient (Wildman–Crippen LogP) is 1.59. The Balaban J connectivity index is 1.14. The van der Waals surface area contributed by atoms with E-state index in [1.165, 1.54) is 16.8 Å². The monoisotopic (exact) mass is 573 g/mol. The molecule has 1 aliphatic rings. The molecule has 1 atom stereocenters. The van der Waals surface area contributed by atoms with Gasteiger partial charge in [-0.1, -0.05) is 11.2 Å². The number of anilines is 3. The molecule has 0 radical (unpaired) electrons. The average molecular weight is 574 g/mol. The lowest BCUT2D eigenvalue weighted by Gasteiger charge is -2.36. The van der Waals surface area contributed by atoms with Gasteiger partial charge >= 0.3 is 0 Å². The Morgan fingerprint density at radius 2 is 1.95 bits per heavy atom. The molecule has 1 saturated heterocycles. The van der Waals surface area contributed by atoms with Crippen LogP contribution in [0.25, 0.3) is 17.1 Å². The Morgan fingerprint density at radius 3 is 2.67 bits per heavy atom. The third-order valence-electron chi connectivity index (χ3n) is 6.50. The van der Waals surface area contributed by atoms with Crippen LogP contribution >= 0.6 is 0 Å². The van der Waals surface area contributed by atoms with Gasteiger partial charge in [-0.05, 0) is 18.2 Å². The maximum Gasteiger partial charge on any atom is 0.254 e. The van der Waals surface area contributed by atoms with Crippen molar-refractivity contribution in [3.8, 4) is 11.5 Å². The fraction of sp³-hybridized carbons (Fsp3) is 0.360. The van der Waals surface area contributed by atoms with Gasteiger partial charge in [-0.2, -0.15) is 19.6 Å². The molecular weight excluding hydrogens is 544 g/mol. The van der Waals surface area contributed by atoms with Crippen LogP contribution in [0.5, 0.6) is 0 Å². The third kappa shape index (κ3) is 6.26. The van der Waals surface area contributed by atoms with Crippen LogP contribution in [0.4, 0.5) is 26.4 Å². The summed E-state index contributed by atoms with van der Waals surface area (Å²) in [7, 11) is 0. The molecule has 0 bridgehead atoms. The van der Waals surface area contributed by atoms with Crippen LogP contribution in [0.3, 0.4) is 0 Å². The molecule has 15 heteroatoms. The van der Waals surface area contributed by atoms with Crippen molar-refractivity contribution in [2.75, 3.05) is 73.8 Å². The van der Waals surface area contributed by atoms with Crippen molar-refractivity contribution in [1.82, 2.24) is 29.8 Å². The number of furan rings is 1. The first-order chi connectivity index (χ1) is 19.3. The molecule has 4 N–H and O–H groups in total. The van der Waals surface area contributed by atoms with E-state index in [-0.39, 0.29) is 29.5 Å². The molecule has 4 heterocycles. The molecule has 1 aromatic carbocycles. The number of amides is 1. The maximum absolute atomic E-state index is 14.6. The Kier molecular flexibility index (Phi) is 8.32. The van der Waals surface area contributed by atoms with Crippen molar-refractivity contribution in [3.05, 3.63) is 53.8 Å². The summed E-state index contributed by atoms with van der Waals surface area (Å²) in [6.45, 7) is 3.64. The number of halogens is 2. The summed E-state index contributed by atoms with van der Waals surface area (Å²) < 4.78 is 47.0. The highest BCUT2D eigenvalue weighted by Crippen LogP contribution is 2.25. The zero-order chi connectivity index (χ0) is 28.2. The van der Waals surface area contributed by atoms with Crippen molar-refractivity contribution >= 4 is 40.3 Å². The number of nitrogen functional groups attached to an aromatic ring is 1. The second-order valence-electron chi connectivity index (χ2n) is 9.25. The minimum atomic E-state index is -1.09. The van der Waals surface area contributed by atoms with E-state index in [0.29, 0.717) is 62.3 Å². The van der Waals surface area contributed by atoms with Gasteiger partial charge in [-0.3, -0.25) is 9.69 Å². The maximum atomic E-state index is 14.6. The van der Waals surface area contributed by atoms with Crippen LogP contribution in [-0.2, 0) is 11.2 Å². The topological polar surface area (TPSA) is 153 Å². The Hall–Kier alpha value is -3.95. The smallest absolute Gasteiger partial charge is 0.254 e. The van der Waals surface area contributed by atoms with E-state index in [4.69, 9.17) is 10.2 Å². The number of piperazine rings is 1. The molecule has 0 saturated carbocycles. The van der Waals surface area contributed by atoms with Crippen molar-refractivity contribution < 1.29 is 22.5 Å². The lowest BCUT2D eigenvalue weighted by molar-refractivity contribution is 0.0952. The van der Waals surface area contributed by atoms with Gasteiger partial charge in [-0.25, -0.2) is 8.78 Å². The number of carbonyl (C=O) groups excluding carboxylic acids is 1. The van der Waals surface area contributed by atoms with Crippen LogP contribution < -0.4 is 21.3 Å². The van der Waals surface area contributed by atoms with Crippen LogP contribution in [0.2, 0.25) is 0 Å². The second kappa shape index (κ2) is 12.1. The molecule has 12 nitrogen and oxygen atoms in total. The minimum absolute atomic E-state index is 0.140. The summed E-state index contributed by atoms with van der Waals surface area (Å²) in [5.74, 6) is -0.905. The van der Waals surface area contributed by atoms with Crippen LogP contribution in [0.15, 0.2) is 41.0 Å². The van der Waals surface area contributed by atoms with E-state index in [1.54, 1.807) is 29.4 Å². The zero-order valence-corrected chi connectivity index (χ0v) is 22.6. The number of carbonyl (C=O) groups is 1. The molecule has 40 heavy (non-hydrogen) atoms. The van der Waals surface area contributed by atoms with E-state index >= 15 is 0 Å². The number of aromatic nitrogens is 4. The summed E-state index contributed by atoms with van der Waals surface area (Å²) in [6, 6.07) is 7.31. The fourth-order valence-corrected chi connectivity index (χ4v) is 4.82. The SMILES string of the molecule is C[S@@+]([O-])CCNC(=O)c1cc(N2CCN(CCNc3nc(N)n4nc(-c5ccco5)cc4n3)CC2)c(F)cc1F. The number of fused-ring (bicyclic) bond motifs is 1. The Morgan fingerprint density at radius 1 is 1.15 bits per heavy atom. The minimum Gasteiger partial charge on any atom is -0.617 e. The Labute approximate surface area is 231 Å². The summed E-state index contributed by atoms with van der Waals surface area (Å²) in [5, 5.41) is 10.1. The zero-order valence-electron chi connectivity index (χ0n) is 21.8. The number of hydrogen-bond acceptors (Lipinski definition) is 10. The molecule has 3 aromatic heterocycles. The molecule has 1 amide bonds. The van der Waals surface area contributed by atoms with Gasteiger partial charge in [0, 0.05) is 51.4 Å². The van der Waals surface area contributed by atoms with E-state index in [2.05, 4.69) is 30.6 Å². The van der Waals surface area contributed by atoms with Crippen LogP contribution in [-0.4, -0.2) is 92.8 Å². The van der Waals surface area contributed by atoms with E-state index < -0.39 is 28.7 Å². The van der Waals surface area contributed by atoms with Crippen LogP contribution in [0, 0.1) is 11.6 Å². The quantitative estimate of drug-likeness (QED) is 0.238. The fourth-order valence-electron chi connectivity index (χ4n) is 4.43.